The van der Waals surface area contributed by atoms with Crippen LogP contribution in [0.25, 0.3) is 11.3 Å². The van der Waals surface area contributed by atoms with E-state index >= 15 is 0 Å². The molecule has 1 aliphatic carbocycles. The first-order valence-electron chi connectivity index (χ1n) is 6.66. The summed E-state index contributed by atoms with van der Waals surface area (Å²) in [4.78, 5) is 39.7. The molecule has 0 saturated heterocycles. The van der Waals surface area contributed by atoms with Gasteiger partial charge in [0.25, 0.3) is 0 Å². The summed E-state index contributed by atoms with van der Waals surface area (Å²) in [6.45, 7) is 0. The van der Waals surface area contributed by atoms with E-state index in [-0.39, 0.29) is 22.8 Å². The van der Waals surface area contributed by atoms with Crippen LogP contribution in [0.15, 0.2) is 57.9 Å². The normalized spacial score (nSPS) is 12.9. The Labute approximate surface area is 124 Å². The molecule has 4 rings (SSSR count). The second-order valence-electron chi connectivity index (χ2n) is 4.98. The molecule has 0 atom stereocenters. The van der Waals surface area contributed by atoms with Crippen LogP contribution < -0.4 is 5.56 Å². The molecule has 0 bridgehead atoms. The maximum absolute atomic E-state index is 12.8. The minimum absolute atomic E-state index is 0.0163. The molecule has 0 spiro atoms. The predicted molar refractivity (Wildman–Crippen MR) is 78.1 cm³/mol. The maximum Gasteiger partial charge on any atom is 0.249 e. The van der Waals surface area contributed by atoms with Crippen LogP contribution in [0.3, 0.4) is 0 Å². The number of hydrogen-bond acceptors (Lipinski definition) is 4. The number of carbonyl (C=O) groups is 2. The van der Waals surface area contributed by atoms with Gasteiger partial charge in [0.1, 0.15) is 11.5 Å². The topological polar surface area (TPSA) is 80.1 Å². The van der Waals surface area contributed by atoms with E-state index in [1.807, 2.05) is 0 Å². The second kappa shape index (κ2) is 4.39. The van der Waals surface area contributed by atoms with E-state index in [0.29, 0.717) is 22.5 Å². The minimum Gasteiger partial charge on any atom is -0.464 e. The lowest BCUT2D eigenvalue weighted by atomic mass is 9.84. The van der Waals surface area contributed by atoms with Crippen molar-refractivity contribution in [2.45, 2.75) is 0 Å². The highest BCUT2D eigenvalue weighted by atomic mass is 16.3. The molecule has 1 aromatic carbocycles. The third-order valence-electron chi connectivity index (χ3n) is 3.70. The van der Waals surface area contributed by atoms with E-state index in [1.165, 1.54) is 12.3 Å². The molecule has 0 saturated carbocycles. The number of hydrogen-bond donors (Lipinski definition) is 1. The van der Waals surface area contributed by atoms with Crippen molar-refractivity contribution in [2.24, 2.45) is 0 Å². The highest BCUT2D eigenvalue weighted by molar-refractivity contribution is 6.29. The van der Waals surface area contributed by atoms with Gasteiger partial charge in [0, 0.05) is 22.8 Å². The molecule has 3 aromatic rings. The van der Waals surface area contributed by atoms with Crippen LogP contribution in [0.2, 0.25) is 0 Å². The van der Waals surface area contributed by atoms with Crippen LogP contribution in [-0.2, 0) is 0 Å². The fraction of sp³-hybridized carbons (Fsp3) is 0. The first kappa shape index (κ1) is 12.5. The van der Waals surface area contributed by atoms with Crippen LogP contribution in [-0.4, -0.2) is 16.6 Å². The standard InChI is InChI=1S/C17H9NO4/c19-13-8-11(12-6-3-7-22-12)14-15(18-13)17(21)10-5-2-1-4-9(10)16(14)20/h1-8H,(H,18,19). The van der Waals surface area contributed by atoms with Gasteiger partial charge in [-0.2, -0.15) is 0 Å². The van der Waals surface area contributed by atoms with Gasteiger partial charge in [0.05, 0.1) is 11.8 Å². The monoisotopic (exact) mass is 291 g/mol. The molecule has 2 heterocycles. The molecule has 0 unspecified atom stereocenters. The summed E-state index contributed by atoms with van der Waals surface area (Å²) < 4.78 is 5.30. The average Bonchev–Trinajstić information content (AvgIpc) is 3.06. The van der Waals surface area contributed by atoms with Crippen LogP contribution >= 0.6 is 0 Å². The Kier molecular flexibility index (Phi) is 2.50. The molecule has 1 aliphatic rings. The third-order valence-corrected chi connectivity index (χ3v) is 3.70. The molecule has 0 fully saturated rings. The number of fused-ring (bicyclic) bond motifs is 2. The summed E-state index contributed by atoms with van der Waals surface area (Å²) in [6, 6.07) is 11.2. The van der Waals surface area contributed by atoms with Crippen molar-refractivity contribution < 1.29 is 14.0 Å². The summed E-state index contributed by atoms with van der Waals surface area (Å²) in [5, 5.41) is 0. The lowest BCUT2D eigenvalue weighted by Crippen LogP contribution is -2.26. The van der Waals surface area contributed by atoms with E-state index in [1.54, 1.807) is 36.4 Å². The number of nitrogens with one attached hydrogen (secondary N) is 1. The van der Waals surface area contributed by atoms with Gasteiger partial charge in [0.15, 0.2) is 5.78 Å². The van der Waals surface area contributed by atoms with E-state index in [9.17, 15) is 14.4 Å². The lowest BCUT2D eigenvalue weighted by molar-refractivity contribution is 0.0975. The predicted octanol–water partition coefficient (Wildman–Crippen LogP) is 2.41. The molecule has 22 heavy (non-hydrogen) atoms. The molecule has 0 aliphatic heterocycles. The van der Waals surface area contributed by atoms with Gasteiger partial charge in [-0.15, -0.1) is 0 Å². The summed E-state index contributed by atoms with van der Waals surface area (Å²) in [5.74, 6) is -0.286. The molecule has 0 amide bonds. The van der Waals surface area contributed by atoms with Gasteiger partial charge in [0.2, 0.25) is 11.3 Å². The largest absolute Gasteiger partial charge is 0.464 e. The zero-order chi connectivity index (χ0) is 15.3. The van der Waals surface area contributed by atoms with Crippen LogP contribution in [0.4, 0.5) is 0 Å². The Balaban J connectivity index is 2.09. The molecule has 0 radical (unpaired) electrons. The zero-order valence-corrected chi connectivity index (χ0v) is 11.3. The van der Waals surface area contributed by atoms with Crippen molar-refractivity contribution in [1.82, 2.24) is 4.98 Å². The van der Waals surface area contributed by atoms with Crippen molar-refractivity contribution in [2.75, 3.05) is 0 Å². The Morgan fingerprint density at radius 1 is 0.818 bits per heavy atom. The summed E-state index contributed by atoms with van der Waals surface area (Å²) >= 11 is 0. The number of ketones is 2. The molecule has 5 nitrogen and oxygen atoms in total. The molecule has 5 heteroatoms. The summed E-state index contributed by atoms with van der Waals surface area (Å²) in [7, 11) is 0. The lowest BCUT2D eigenvalue weighted by Gasteiger charge is -2.18. The number of benzene rings is 1. The number of carbonyl (C=O) groups excluding carboxylic acids is 2. The number of pyridine rings is 1. The number of aromatic nitrogens is 1. The smallest absolute Gasteiger partial charge is 0.249 e. The van der Waals surface area contributed by atoms with Crippen molar-refractivity contribution >= 4 is 11.6 Å². The van der Waals surface area contributed by atoms with Crippen molar-refractivity contribution in [3.63, 3.8) is 0 Å². The number of rotatable bonds is 1. The number of furan rings is 1. The number of H-pyrrole nitrogens is 1. The summed E-state index contributed by atoms with van der Waals surface area (Å²) in [6.07, 6.45) is 1.45. The van der Waals surface area contributed by atoms with Crippen LogP contribution in [0.5, 0.6) is 0 Å². The van der Waals surface area contributed by atoms with Crippen LogP contribution in [0.1, 0.15) is 32.0 Å². The van der Waals surface area contributed by atoms with Gasteiger partial charge in [-0.25, -0.2) is 0 Å². The molecular weight excluding hydrogens is 282 g/mol. The fourth-order valence-electron chi connectivity index (χ4n) is 2.74. The zero-order valence-electron chi connectivity index (χ0n) is 11.3. The molecule has 1 N–H and O–H groups in total. The van der Waals surface area contributed by atoms with E-state index in [0.717, 1.165) is 0 Å². The number of aromatic amines is 1. The van der Waals surface area contributed by atoms with E-state index < -0.39 is 5.56 Å². The minimum atomic E-state index is -0.453. The van der Waals surface area contributed by atoms with Gasteiger partial charge in [-0.1, -0.05) is 24.3 Å². The van der Waals surface area contributed by atoms with Gasteiger partial charge < -0.3 is 9.40 Å². The fourth-order valence-corrected chi connectivity index (χ4v) is 2.74. The summed E-state index contributed by atoms with van der Waals surface area (Å²) in [5.41, 5.74) is 0.704. The quantitative estimate of drug-likeness (QED) is 0.584. The van der Waals surface area contributed by atoms with Crippen molar-refractivity contribution in [3.05, 3.63) is 81.5 Å². The SMILES string of the molecule is O=C1c2ccccc2C(=O)c2c(-c3ccco3)cc(=O)[nH]c21. The first-order valence-corrected chi connectivity index (χ1v) is 6.66. The Hall–Kier alpha value is -3.21. The molecule has 106 valence electrons. The first-order chi connectivity index (χ1) is 10.7. The van der Waals surface area contributed by atoms with Crippen molar-refractivity contribution in [1.29, 1.82) is 0 Å². The highest BCUT2D eigenvalue weighted by Gasteiger charge is 2.33. The molecular formula is C17H9NO4. The Bertz CT molecular complexity index is 980. The molecule has 2 aromatic heterocycles. The highest BCUT2D eigenvalue weighted by Crippen LogP contribution is 2.32. The van der Waals surface area contributed by atoms with E-state index in [2.05, 4.69) is 4.98 Å². The van der Waals surface area contributed by atoms with Gasteiger partial charge in [-0.05, 0) is 12.1 Å². The third kappa shape index (κ3) is 1.62. The Morgan fingerprint density at radius 2 is 1.55 bits per heavy atom. The average molecular weight is 291 g/mol. The van der Waals surface area contributed by atoms with Gasteiger partial charge >= 0.3 is 0 Å². The van der Waals surface area contributed by atoms with E-state index in [4.69, 9.17) is 4.42 Å². The Morgan fingerprint density at radius 3 is 2.23 bits per heavy atom. The van der Waals surface area contributed by atoms with Crippen LogP contribution in [0, 0.1) is 0 Å². The van der Waals surface area contributed by atoms with Crippen molar-refractivity contribution in [3.8, 4) is 11.3 Å². The maximum atomic E-state index is 12.8. The second-order valence-corrected chi connectivity index (χ2v) is 4.98. The van der Waals surface area contributed by atoms with Gasteiger partial charge in [-0.3, -0.25) is 14.4 Å².